The molecule has 0 aromatic heterocycles. The molecule has 0 amide bonds. The molecule has 0 spiro atoms. The van der Waals surface area contributed by atoms with Gasteiger partial charge in [-0.2, -0.15) is 0 Å². The van der Waals surface area contributed by atoms with Gasteiger partial charge in [0.25, 0.3) is 0 Å². The van der Waals surface area contributed by atoms with Gasteiger partial charge in [-0.1, -0.05) is 98.8 Å². The third kappa shape index (κ3) is 15.9. The summed E-state index contributed by atoms with van der Waals surface area (Å²) < 4.78 is 11.1. The van der Waals surface area contributed by atoms with Crippen molar-refractivity contribution in [1.82, 2.24) is 0 Å². The van der Waals surface area contributed by atoms with Crippen molar-refractivity contribution in [2.75, 3.05) is 6.61 Å². The van der Waals surface area contributed by atoms with Crippen molar-refractivity contribution in [3.05, 3.63) is 0 Å². The van der Waals surface area contributed by atoms with E-state index in [1.54, 1.807) is 0 Å². The second kappa shape index (κ2) is 16.9. The number of hydrogen-bond donors (Lipinski definition) is 0. The third-order valence-electron chi connectivity index (χ3n) is 5.10. The Morgan fingerprint density at radius 1 is 0.679 bits per heavy atom. The van der Waals surface area contributed by atoms with Crippen molar-refractivity contribution in [2.45, 2.75) is 131 Å². The van der Waals surface area contributed by atoms with Gasteiger partial charge in [-0.05, 0) is 12.8 Å². The Labute approximate surface area is 174 Å². The molecular weight excluding hydrogens is 352 g/mol. The summed E-state index contributed by atoms with van der Waals surface area (Å²) >= 11 is 0. The van der Waals surface area contributed by atoms with E-state index in [0.29, 0.717) is 12.8 Å². The molecule has 0 fully saturated rings. The third-order valence-corrected chi connectivity index (χ3v) is 5.10. The van der Waals surface area contributed by atoms with Crippen molar-refractivity contribution < 1.29 is 19.1 Å². The molecule has 0 saturated heterocycles. The fraction of sp³-hybridized carbons (Fsp3) is 0.917. The zero-order valence-electron chi connectivity index (χ0n) is 19.3. The largest absolute Gasteiger partial charge is 0.462 e. The second-order valence-electron chi connectivity index (χ2n) is 9.06. The van der Waals surface area contributed by atoms with Crippen LogP contribution in [0.3, 0.4) is 0 Å². The molecule has 0 aliphatic heterocycles. The quantitative estimate of drug-likeness (QED) is 0.196. The number of rotatable bonds is 17. The molecule has 1 unspecified atom stereocenters. The molecule has 4 heteroatoms. The van der Waals surface area contributed by atoms with Crippen LogP contribution in [0, 0.1) is 5.41 Å². The van der Waals surface area contributed by atoms with E-state index >= 15 is 0 Å². The summed E-state index contributed by atoms with van der Waals surface area (Å²) in [5.74, 6) is -0.362. The Kier molecular flexibility index (Phi) is 16.2. The number of carbonyl (C=O) groups is 2. The Morgan fingerprint density at radius 3 is 1.57 bits per heavy atom. The van der Waals surface area contributed by atoms with Crippen LogP contribution < -0.4 is 0 Å². The predicted octanol–water partition coefficient (Wildman–Crippen LogP) is 6.99. The van der Waals surface area contributed by atoms with Crippen molar-refractivity contribution in [3.63, 3.8) is 0 Å². The van der Waals surface area contributed by atoms with E-state index < -0.39 is 6.10 Å². The van der Waals surface area contributed by atoms with Crippen LogP contribution in [0.5, 0.6) is 0 Å². The lowest BCUT2D eigenvalue weighted by molar-refractivity contribution is -0.166. The van der Waals surface area contributed by atoms with Gasteiger partial charge in [-0.3, -0.25) is 9.59 Å². The summed E-state index contributed by atoms with van der Waals surface area (Å²) in [5.41, 5.74) is -0.253. The number of hydrogen-bond acceptors (Lipinski definition) is 4. The van der Waals surface area contributed by atoms with Crippen LogP contribution in [-0.2, 0) is 19.1 Å². The van der Waals surface area contributed by atoms with Crippen LogP contribution >= 0.6 is 0 Å². The molecule has 0 N–H and O–H groups in total. The lowest BCUT2D eigenvalue weighted by atomic mass is 9.89. The van der Waals surface area contributed by atoms with Gasteiger partial charge in [0.1, 0.15) is 12.7 Å². The van der Waals surface area contributed by atoms with Gasteiger partial charge in [0.2, 0.25) is 0 Å². The van der Waals surface area contributed by atoms with Crippen LogP contribution in [0.4, 0.5) is 0 Å². The summed E-state index contributed by atoms with van der Waals surface area (Å²) in [7, 11) is 0. The standard InChI is InChI=1S/C24H46O4/c1-6-8-10-12-14-16-18-22(25)27-20-21(24(3,4)5)28-23(26)19-17-15-13-11-9-7-2/h21H,6-20H2,1-5H3. The highest BCUT2D eigenvalue weighted by atomic mass is 16.6. The molecule has 166 valence electrons. The Hall–Kier alpha value is -1.06. The first kappa shape index (κ1) is 26.9. The van der Waals surface area contributed by atoms with Gasteiger partial charge in [0.05, 0.1) is 0 Å². The first-order chi connectivity index (χ1) is 13.3. The molecule has 0 bridgehead atoms. The number of ether oxygens (including phenoxy) is 2. The SMILES string of the molecule is CCCCCCCCC(=O)OCC(OC(=O)CCCCCCCC)C(C)(C)C. The lowest BCUT2D eigenvalue weighted by Gasteiger charge is -2.29. The van der Waals surface area contributed by atoms with Crippen LogP contribution in [0.2, 0.25) is 0 Å². The van der Waals surface area contributed by atoms with Crippen LogP contribution in [-0.4, -0.2) is 24.6 Å². The summed E-state index contributed by atoms with van der Waals surface area (Å²) in [5, 5.41) is 0. The maximum absolute atomic E-state index is 12.2. The molecule has 0 rings (SSSR count). The molecule has 0 aliphatic rings. The average Bonchev–Trinajstić information content (AvgIpc) is 2.63. The van der Waals surface area contributed by atoms with E-state index in [1.807, 2.05) is 20.8 Å². The van der Waals surface area contributed by atoms with Crippen LogP contribution in [0.15, 0.2) is 0 Å². The highest BCUT2D eigenvalue weighted by molar-refractivity contribution is 5.70. The first-order valence-corrected chi connectivity index (χ1v) is 11.7. The van der Waals surface area contributed by atoms with Crippen LogP contribution in [0.1, 0.15) is 125 Å². The van der Waals surface area contributed by atoms with Gasteiger partial charge >= 0.3 is 11.9 Å². The van der Waals surface area contributed by atoms with Crippen molar-refractivity contribution >= 4 is 11.9 Å². The van der Waals surface area contributed by atoms with Gasteiger partial charge in [0, 0.05) is 18.3 Å². The van der Waals surface area contributed by atoms with E-state index in [0.717, 1.165) is 25.7 Å². The van der Waals surface area contributed by atoms with E-state index in [9.17, 15) is 9.59 Å². The maximum Gasteiger partial charge on any atom is 0.306 e. The minimum absolute atomic E-state index is 0.153. The fourth-order valence-electron chi connectivity index (χ4n) is 3.02. The van der Waals surface area contributed by atoms with E-state index in [2.05, 4.69) is 13.8 Å². The average molecular weight is 399 g/mol. The zero-order chi connectivity index (χ0) is 21.3. The summed E-state index contributed by atoms with van der Waals surface area (Å²) in [6.45, 7) is 10.6. The minimum atomic E-state index is -0.395. The molecule has 0 heterocycles. The minimum Gasteiger partial charge on any atom is -0.462 e. The Morgan fingerprint density at radius 2 is 1.11 bits per heavy atom. The van der Waals surface area contributed by atoms with Gasteiger partial charge in [0.15, 0.2) is 0 Å². The lowest BCUT2D eigenvalue weighted by Crippen LogP contribution is -2.36. The van der Waals surface area contributed by atoms with Crippen molar-refractivity contribution in [2.24, 2.45) is 5.41 Å². The van der Waals surface area contributed by atoms with Crippen LogP contribution in [0.25, 0.3) is 0 Å². The molecule has 0 saturated carbocycles. The summed E-state index contributed by atoms with van der Waals surface area (Å²) in [6.07, 6.45) is 14.2. The zero-order valence-corrected chi connectivity index (χ0v) is 19.3. The highest BCUT2D eigenvalue weighted by Gasteiger charge is 2.29. The van der Waals surface area contributed by atoms with E-state index in [4.69, 9.17) is 9.47 Å². The fourth-order valence-corrected chi connectivity index (χ4v) is 3.02. The van der Waals surface area contributed by atoms with E-state index in [1.165, 1.54) is 51.4 Å². The number of esters is 2. The predicted molar refractivity (Wildman–Crippen MR) is 116 cm³/mol. The van der Waals surface area contributed by atoms with E-state index in [-0.39, 0.29) is 24.0 Å². The Balaban J connectivity index is 4.07. The second-order valence-corrected chi connectivity index (χ2v) is 9.06. The van der Waals surface area contributed by atoms with Gasteiger partial charge in [-0.25, -0.2) is 0 Å². The van der Waals surface area contributed by atoms with Crippen molar-refractivity contribution in [1.29, 1.82) is 0 Å². The topological polar surface area (TPSA) is 52.6 Å². The molecule has 0 aromatic rings. The number of carbonyl (C=O) groups excluding carboxylic acids is 2. The molecular formula is C24H46O4. The van der Waals surface area contributed by atoms with Gasteiger partial charge < -0.3 is 9.47 Å². The van der Waals surface area contributed by atoms with Gasteiger partial charge in [-0.15, -0.1) is 0 Å². The first-order valence-electron chi connectivity index (χ1n) is 11.7. The molecule has 0 radical (unpaired) electrons. The normalized spacial score (nSPS) is 12.6. The maximum atomic E-state index is 12.2. The molecule has 0 aliphatic carbocycles. The summed E-state index contributed by atoms with van der Waals surface area (Å²) in [6, 6.07) is 0. The molecule has 4 nitrogen and oxygen atoms in total. The summed E-state index contributed by atoms with van der Waals surface area (Å²) in [4.78, 5) is 24.2. The Bertz CT molecular complexity index is 398. The highest BCUT2D eigenvalue weighted by Crippen LogP contribution is 2.24. The number of unbranched alkanes of at least 4 members (excludes halogenated alkanes) is 10. The smallest absolute Gasteiger partial charge is 0.306 e. The molecule has 28 heavy (non-hydrogen) atoms. The van der Waals surface area contributed by atoms with Crippen molar-refractivity contribution in [3.8, 4) is 0 Å². The molecule has 0 aromatic carbocycles. The molecule has 1 atom stereocenters. The monoisotopic (exact) mass is 398 g/mol.